The number of nitrogens with two attached hydrogens (primary N) is 1. The Morgan fingerprint density at radius 2 is 2.06 bits per heavy atom. The van der Waals surface area contributed by atoms with E-state index >= 15 is 0 Å². The third-order valence-electron chi connectivity index (χ3n) is 3.07. The monoisotopic (exact) mass is 310 g/mol. The highest BCUT2D eigenvalue weighted by atomic mass is 79.9. The number of rotatable bonds is 4. The molecule has 0 atom stereocenters. The summed E-state index contributed by atoms with van der Waals surface area (Å²) in [5, 5.41) is 3.93. The molecule has 0 aliphatic heterocycles. The molecule has 0 amide bonds. The molecule has 2 aromatic rings. The quantitative estimate of drug-likeness (QED) is 0.939. The third-order valence-corrected chi connectivity index (χ3v) is 3.54. The fourth-order valence-corrected chi connectivity index (χ4v) is 1.82. The fraction of sp³-hybridized carbons (Fsp3) is 0.417. The Morgan fingerprint density at radius 3 is 2.61 bits per heavy atom. The van der Waals surface area contributed by atoms with E-state index in [0.717, 1.165) is 17.3 Å². The topological polar surface area (TPSA) is 77.8 Å². The number of nitrogens with zero attached hydrogens (tertiary/aromatic N) is 3. The van der Waals surface area contributed by atoms with Gasteiger partial charge in [0.1, 0.15) is 5.69 Å². The molecule has 0 unspecified atom stereocenters. The van der Waals surface area contributed by atoms with Crippen molar-refractivity contribution in [3.05, 3.63) is 28.7 Å². The standard InChI is InChI=1S/C12H15BrN4O/c1-3-12(14,4-2)11-16-10(17-18-11)9-6-5-8(13)7-15-9/h5-7H,3-4,14H2,1-2H3. The Kier molecular flexibility index (Phi) is 3.77. The van der Waals surface area contributed by atoms with Gasteiger partial charge in [0.05, 0.1) is 5.54 Å². The van der Waals surface area contributed by atoms with Crippen LogP contribution in [0.15, 0.2) is 27.3 Å². The maximum absolute atomic E-state index is 6.21. The number of hydrogen-bond acceptors (Lipinski definition) is 5. The summed E-state index contributed by atoms with van der Waals surface area (Å²) in [6, 6.07) is 3.71. The Balaban J connectivity index is 2.33. The van der Waals surface area contributed by atoms with E-state index in [1.807, 2.05) is 26.0 Å². The van der Waals surface area contributed by atoms with Crippen molar-refractivity contribution in [1.29, 1.82) is 0 Å². The van der Waals surface area contributed by atoms with E-state index in [1.54, 1.807) is 6.20 Å². The summed E-state index contributed by atoms with van der Waals surface area (Å²) in [7, 11) is 0. The second-order valence-corrected chi connectivity index (χ2v) is 5.06. The molecule has 5 nitrogen and oxygen atoms in total. The third kappa shape index (κ3) is 2.44. The van der Waals surface area contributed by atoms with Gasteiger partial charge in [-0.15, -0.1) is 0 Å². The molecule has 2 N–H and O–H groups in total. The van der Waals surface area contributed by atoms with Gasteiger partial charge >= 0.3 is 0 Å². The van der Waals surface area contributed by atoms with Crippen molar-refractivity contribution in [2.45, 2.75) is 32.2 Å². The fourth-order valence-electron chi connectivity index (χ4n) is 1.59. The van der Waals surface area contributed by atoms with Crippen LogP contribution in [-0.4, -0.2) is 15.1 Å². The number of pyridine rings is 1. The van der Waals surface area contributed by atoms with Gasteiger partial charge in [0, 0.05) is 10.7 Å². The highest BCUT2D eigenvalue weighted by molar-refractivity contribution is 9.10. The first-order valence-corrected chi connectivity index (χ1v) is 6.63. The number of halogens is 1. The van der Waals surface area contributed by atoms with Gasteiger partial charge in [-0.05, 0) is 40.9 Å². The lowest BCUT2D eigenvalue weighted by molar-refractivity contribution is 0.268. The van der Waals surface area contributed by atoms with Gasteiger partial charge in [-0.3, -0.25) is 4.98 Å². The van der Waals surface area contributed by atoms with Crippen LogP contribution in [0, 0.1) is 0 Å². The van der Waals surface area contributed by atoms with Crippen molar-refractivity contribution in [2.24, 2.45) is 5.73 Å². The van der Waals surface area contributed by atoms with Gasteiger partial charge in [-0.2, -0.15) is 4.98 Å². The molecule has 0 aromatic carbocycles. The van der Waals surface area contributed by atoms with Crippen LogP contribution in [0.5, 0.6) is 0 Å². The smallest absolute Gasteiger partial charge is 0.247 e. The molecule has 0 aliphatic rings. The van der Waals surface area contributed by atoms with Crippen LogP contribution in [0.25, 0.3) is 11.5 Å². The molecular weight excluding hydrogens is 296 g/mol. The molecule has 2 rings (SSSR count). The van der Waals surface area contributed by atoms with Crippen LogP contribution in [0.4, 0.5) is 0 Å². The largest absolute Gasteiger partial charge is 0.337 e. The van der Waals surface area contributed by atoms with E-state index in [2.05, 4.69) is 31.1 Å². The first-order chi connectivity index (χ1) is 8.59. The second kappa shape index (κ2) is 5.16. The minimum atomic E-state index is -0.555. The zero-order valence-corrected chi connectivity index (χ0v) is 11.9. The summed E-state index contributed by atoms with van der Waals surface area (Å²) in [6.45, 7) is 4.01. The molecule has 0 aliphatic carbocycles. The van der Waals surface area contributed by atoms with Crippen molar-refractivity contribution in [3.63, 3.8) is 0 Å². The van der Waals surface area contributed by atoms with Gasteiger partial charge in [-0.1, -0.05) is 19.0 Å². The summed E-state index contributed by atoms with van der Waals surface area (Å²) in [6.07, 6.45) is 3.19. The van der Waals surface area contributed by atoms with E-state index in [-0.39, 0.29) is 0 Å². The number of aromatic nitrogens is 3. The maximum atomic E-state index is 6.21. The lowest BCUT2D eigenvalue weighted by Crippen LogP contribution is -2.35. The zero-order chi connectivity index (χ0) is 13.2. The van der Waals surface area contributed by atoms with Gasteiger partial charge in [0.2, 0.25) is 11.7 Å². The SMILES string of the molecule is CCC(N)(CC)c1nc(-c2ccc(Br)cn2)no1. The summed E-state index contributed by atoms with van der Waals surface area (Å²) < 4.78 is 6.17. The second-order valence-electron chi connectivity index (χ2n) is 4.15. The Bertz CT molecular complexity index is 519. The highest BCUT2D eigenvalue weighted by Crippen LogP contribution is 2.26. The maximum Gasteiger partial charge on any atom is 0.247 e. The average Bonchev–Trinajstić information content (AvgIpc) is 2.89. The molecule has 18 heavy (non-hydrogen) atoms. The molecule has 2 aromatic heterocycles. The molecule has 0 saturated heterocycles. The molecule has 0 bridgehead atoms. The van der Waals surface area contributed by atoms with Gasteiger partial charge in [-0.25, -0.2) is 0 Å². The Morgan fingerprint density at radius 1 is 1.33 bits per heavy atom. The van der Waals surface area contributed by atoms with Crippen molar-refractivity contribution < 1.29 is 4.52 Å². The molecule has 0 saturated carbocycles. The van der Waals surface area contributed by atoms with Gasteiger partial charge in [0.25, 0.3) is 0 Å². The molecule has 6 heteroatoms. The molecule has 0 radical (unpaired) electrons. The number of hydrogen-bond donors (Lipinski definition) is 1. The highest BCUT2D eigenvalue weighted by Gasteiger charge is 2.30. The van der Waals surface area contributed by atoms with Crippen LogP contribution in [0.1, 0.15) is 32.6 Å². The van der Waals surface area contributed by atoms with E-state index in [9.17, 15) is 0 Å². The molecule has 0 spiro atoms. The van der Waals surface area contributed by atoms with Crippen LogP contribution in [0.2, 0.25) is 0 Å². The van der Waals surface area contributed by atoms with Crippen LogP contribution in [0.3, 0.4) is 0 Å². The summed E-state index contributed by atoms with van der Waals surface area (Å²) in [4.78, 5) is 8.57. The summed E-state index contributed by atoms with van der Waals surface area (Å²) in [5.74, 6) is 0.932. The first-order valence-electron chi connectivity index (χ1n) is 5.84. The zero-order valence-electron chi connectivity index (χ0n) is 10.4. The molecular formula is C12H15BrN4O. The lowest BCUT2D eigenvalue weighted by atomic mass is 9.94. The predicted octanol–water partition coefficient (Wildman–Crippen LogP) is 2.87. The van der Waals surface area contributed by atoms with Crippen molar-refractivity contribution in [1.82, 2.24) is 15.1 Å². The summed E-state index contributed by atoms with van der Waals surface area (Å²) in [5.41, 5.74) is 6.32. The average molecular weight is 311 g/mol. The van der Waals surface area contributed by atoms with Crippen LogP contribution < -0.4 is 5.73 Å². The van der Waals surface area contributed by atoms with Crippen molar-refractivity contribution in [3.8, 4) is 11.5 Å². The summed E-state index contributed by atoms with van der Waals surface area (Å²) >= 11 is 3.33. The Hall–Kier alpha value is -1.27. The van der Waals surface area contributed by atoms with E-state index < -0.39 is 5.54 Å². The van der Waals surface area contributed by atoms with E-state index in [0.29, 0.717) is 17.4 Å². The van der Waals surface area contributed by atoms with Gasteiger partial charge < -0.3 is 10.3 Å². The van der Waals surface area contributed by atoms with Crippen LogP contribution >= 0.6 is 15.9 Å². The van der Waals surface area contributed by atoms with Crippen LogP contribution in [-0.2, 0) is 5.54 Å². The molecule has 0 fully saturated rings. The Labute approximate surface area is 114 Å². The molecule has 96 valence electrons. The van der Waals surface area contributed by atoms with Gasteiger partial charge in [0.15, 0.2) is 0 Å². The van der Waals surface area contributed by atoms with Crippen molar-refractivity contribution >= 4 is 15.9 Å². The van der Waals surface area contributed by atoms with E-state index in [4.69, 9.17) is 10.3 Å². The lowest BCUT2D eigenvalue weighted by Gasteiger charge is -2.20. The van der Waals surface area contributed by atoms with Crippen molar-refractivity contribution in [2.75, 3.05) is 0 Å². The molecule has 2 heterocycles. The first kappa shape index (κ1) is 13.2. The minimum absolute atomic E-state index is 0.465. The predicted molar refractivity (Wildman–Crippen MR) is 71.7 cm³/mol. The minimum Gasteiger partial charge on any atom is -0.337 e. The van der Waals surface area contributed by atoms with E-state index in [1.165, 1.54) is 0 Å². The normalized spacial score (nSPS) is 11.8.